The van der Waals surface area contributed by atoms with Crippen LogP contribution in [0.4, 0.5) is 5.82 Å². The van der Waals surface area contributed by atoms with Crippen molar-refractivity contribution in [1.29, 1.82) is 0 Å². The first-order chi connectivity index (χ1) is 11.5. The minimum atomic E-state index is -0.419. The summed E-state index contributed by atoms with van der Waals surface area (Å²) in [6.45, 7) is 3.30. The molecule has 2 aromatic rings. The Morgan fingerprint density at radius 3 is 2.50 bits per heavy atom. The van der Waals surface area contributed by atoms with E-state index < -0.39 is 6.04 Å². The highest BCUT2D eigenvalue weighted by molar-refractivity contribution is 5.91. The van der Waals surface area contributed by atoms with E-state index in [0.29, 0.717) is 11.6 Å². The second-order valence-electron chi connectivity index (χ2n) is 5.45. The van der Waals surface area contributed by atoms with Gasteiger partial charge >= 0.3 is 0 Å². The molecule has 2 N–H and O–H groups in total. The number of ether oxygens (including phenoxy) is 1. The maximum Gasteiger partial charge on any atom is 0.227 e. The number of methoxy groups -OCH3 is 1. The first kappa shape index (κ1) is 17.5. The van der Waals surface area contributed by atoms with Crippen LogP contribution in [-0.4, -0.2) is 23.9 Å². The number of aromatic nitrogens is 1. The summed E-state index contributed by atoms with van der Waals surface area (Å²) in [5, 5.41) is 5.58. The van der Waals surface area contributed by atoms with Crippen LogP contribution in [0.25, 0.3) is 0 Å². The maximum atomic E-state index is 12.3. The predicted octanol–water partition coefficient (Wildman–Crippen LogP) is 2.60. The third-order valence-electron chi connectivity index (χ3n) is 3.55. The molecule has 0 aliphatic heterocycles. The highest BCUT2D eigenvalue weighted by Gasteiger charge is 2.18. The van der Waals surface area contributed by atoms with Gasteiger partial charge < -0.3 is 15.4 Å². The minimum Gasteiger partial charge on any atom is -0.497 e. The largest absolute Gasteiger partial charge is 0.497 e. The SMILES string of the molecule is COc1ccc(C(CC(=O)Nc2ncccc2C)NC(C)=O)cc1. The molecule has 1 aromatic carbocycles. The van der Waals surface area contributed by atoms with Gasteiger partial charge in [-0.2, -0.15) is 0 Å². The van der Waals surface area contributed by atoms with Gasteiger partial charge in [0.05, 0.1) is 19.6 Å². The lowest BCUT2D eigenvalue weighted by atomic mass is 10.0. The monoisotopic (exact) mass is 327 g/mol. The zero-order valence-corrected chi connectivity index (χ0v) is 14.0. The van der Waals surface area contributed by atoms with Crippen LogP contribution in [0.2, 0.25) is 0 Å². The van der Waals surface area contributed by atoms with Crippen LogP contribution in [0.5, 0.6) is 5.75 Å². The van der Waals surface area contributed by atoms with E-state index in [1.54, 1.807) is 25.4 Å². The zero-order valence-electron chi connectivity index (χ0n) is 14.0. The van der Waals surface area contributed by atoms with Crippen LogP contribution < -0.4 is 15.4 Å². The van der Waals surface area contributed by atoms with Crippen LogP contribution in [0, 0.1) is 6.92 Å². The number of pyridine rings is 1. The van der Waals surface area contributed by atoms with Crippen molar-refractivity contribution >= 4 is 17.6 Å². The third-order valence-corrected chi connectivity index (χ3v) is 3.55. The fourth-order valence-corrected chi connectivity index (χ4v) is 2.32. The molecule has 1 aromatic heterocycles. The molecule has 0 spiro atoms. The molecule has 0 saturated heterocycles. The van der Waals surface area contributed by atoms with E-state index in [-0.39, 0.29) is 18.2 Å². The molecule has 1 unspecified atom stereocenters. The molecular weight excluding hydrogens is 306 g/mol. The summed E-state index contributed by atoms with van der Waals surface area (Å²) in [5.41, 5.74) is 1.71. The molecular formula is C18H21N3O3. The summed E-state index contributed by atoms with van der Waals surface area (Å²) in [6, 6.07) is 10.5. The Balaban J connectivity index is 2.11. The molecule has 126 valence electrons. The Bertz CT molecular complexity index is 714. The number of anilines is 1. The Morgan fingerprint density at radius 1 is 1.21 bits per heavy atom. The quantitative estimate of drug-likeness (QED) is 0.854. The number of hydrogen-bond acceptors (Lipinski definition) is 4. The van der Waals surface area contributed by atoms with Crippen molar-refractivity contribution in [2.24, 2.45) is 0 Å². The smallest absolute Gasteiger partial charge is 0.227 e. The molecule has 0 fully saturated rings. The summed E-state index contributed by atoms with van der Waals surface area (Å²) >= 11 is 0. The third kappa shape index (κ3) is 4.81. The van der Waals surface area contributed by atoms with Crippen LogP contribution >= 0.6 is 0 Å². The molecule has 1 atom stereocenters. The summed E-state index contributed by atoms with van der Waals surface area (Å²) in [6.07, 6.45) is 1.74. The van der Waals surface area contributed by atoms with E-state index >= 15 is 0 Å². The number of benzene rings is 1. The van der Waals surface area contributed by atoms with Gasteiger partial charge in [0.1, 0.15) is 11.6 Å². The molecule has 6 heteroatoms. The molecule has 2 amide bonds. The summed E-state index contributed by atoms with van der Waals surface area (Å²) in [4.78, 5) is 27.9. The molecule has 0 aliphatic carbocycles. The Hall–Kier alpha value is -2.89. The van der Waals surface area contributed by atoms with E-state index in [1.807, 2.05) is 31.2 Å². The van der Waals surface area contributed by atoms with Gasteiger partial charge in [-0.1, -0.05) is 18.2 Å². The minimum absolute atomic E-state index is 0.113. The van der Waals surface area contributed by atoms with Crippen molar-refractivity contribution in [3.05, 3.63) is 53.7 Å². The van der Waals surface area contributed by atoms with Gasteiger partial charge in [0.2, 0.25) is 11.8 Å². The lowest BCUT2D eigenvalue weighted by molar-refractivity contribution is -0.120. The number of carbonyl (C=O) groups excluding carboxylic acids is 2. The van der Waals surface area contributed by atoms with Crippen molar-refractivity contribution in [3.8, 4) is 5.75 Å². The maximum absolute atomic E-state index is 12.3. The lowest BCUT2D eigenvalue weighted by Gasteiger charge is -2.18. The van der Waals surface area contributed by atoms with E-state index in [4.69, 9.17) is 4.74 Å². The number of rotatable bonds is 6. The fourth-order valence-electron chi connectivity index (χ4n) is 2.32. The first-order valence-electron chi connectivity index (χ1n) is 7.62. The standard InChI is InChI=1S/C18H21N3O3/c1-12-5-4-10-19-18(12)21-17(23)11-16(20-13(2)22)14-6-8-15(24-3)9-7-14/h4-10,16H,11H2,1-3H3,(H,20,22)(H,19,21,23). The van der Waals surface area contributed by atoms with Crippen molar-refractivity contribution in [3.63, 3.8) is 0 Å². The Kier molecular flexibility index (Phi) is 5.89. The molecule has 6 nitrogen and oxygen atoms in total. The highest BCUT2D eigenvalue weighted by Crippen LogP contribution is 2.21. The zero-order chi connectivity index (χ0) is 17.5. The van der Waals surface area contributed by atoms with Crippen molar-refractivity contribution in [2.75, 3.05) is 12.4 Å². The second kappa shape index (κ2) is 8.10. The normalized spacial score (nSPS) is 11.5. The van der Waals surface area contributed by atoms with Gasteiger partial charge in [-0.25, -0.2) is 4.98 Å². The Morgan fingerprint density at radius 2 is 1.92 bits per heavy atom. The highest BCUT2D eigenvalue weighted by atomic mass is 16.5. The molecule has 0 radical (unpaired) electrons. The molecule has 0 saturated carbocycles. The number of amides is 2. The van der Waals surface area contributed by atoms with Gasteiger partial charge in [-0.15, -0.1) is 0 Å². The van der Waals surface area contributed by atoms with Crippen LogP contribution in [0.1, 0.15) is 30.5 Å². The number of nitrogens with zero attached hydrogens (tertiary/aromatic N) is 1. The van der Waals surface area contributed by atoms with Crippen molar-refractivity contribution in [2.45, 2.75) is 26.3 Å². The average molecular weight is 327 g/mol. The lowest BCUT2D eigenvalue weighted by Crippen LogP contribution is -2.30. The molecule has 24 heavy (non-hydrogen) atoms. The van der Waals surface area contributed by atoms with E-state index in [1.165, 1.54) is 6.92 Å². The average Bonchev–Trinajstić information content (AvgIpc) is 2.56. The van der Waals surface area contributed by atoms with Crippen molar-refractivity contribution in [1.82, 2.24) is 10.3 Å². The van der Waals surface area contributed by atoms with Crippen molar-refractivity contribution < 1.29 is 14.3 Å². The van der Waals surface area contributed by atoms with Gasteiger partial charge in [0.25, 0.3) is 0 Å². The number of aryl methyl sites for hydroxylation is 1. The number of hydrogen-bond donors (Lipinski definition) is 2. The first-order valence-corrected chi connectivity index (χ1v) is 7.62. The van der Waals surface area contributed by atoms with Gasteiger partial charge in [0, 0.05) is 13.1 Å². The van der Waals surface area contributed by atoms with E-state index in [9.17, 15) is 9.59 Å². The fraction of sp³-hybridized carbons (Fsp3) is 0.278. The molecule has 0 bridgehead atoms. The molecule has 1 heterocycles. The van der Waals surface area contributed by atoms with Gasteiger partial charge in [-0.05, 0) is 36.2 Å². The number of carbonyl (C=O) groups is 2. The summed E-state index contributed by atoms with van der Waals surface area (Å²) < 4.78 is 5.13. The predicted molar refractivity (Wildman–Crippen MR) is 91.8 cm³/mol. The number of nitrogens with one attached hydrogen (secondary N) is 2. The summed E-state index contributed by atoms with van der Waals surface area (Å²) in [7, 11) is 1.59. The van der Waals surface area contributed by atoms with Crippen LogP contribution in [0.3, 0.4) is 0 Å². The van der Waals surface area contributed by atoms with Gasteiger partial charge in [-0.3, -0.25) is 9.59 Å². The van der Waals surface area contributed by atoms with Crippen LogP contribution in [-0.2, 0) is 9.59 Å². The second-order valence-corrected chi connectivity index (χ2v) is 5.45. The Labute approximate surface area is 141 Å². The summed E-state index contributed by atoms with van der Waals surface area (Å²) in [5.74, 6) is 0.830. The van der Waals surface area contributed by atoms with E-state index in [0.717, 1.165) is 11.1 Å². The van der Waals surface area contributed by atoms with Crippen LogP contribution in [0.15, 0.2) is 42.6 Å². The molecule has 0 aliphatic rings. The molecule has 2 rings (SSSR count). The van der Waals surface area contributed by atoms with Gasteiger partial charge in [0.15, 0.2) is 0 Å². The van der Waals surface area contributed by atoms with E-state index in [2.05, 4.69) is 15.6 Å². The topological polar surface area (TPSA) is 80.3 Å².